The summed E-state index contributed by atoms with van der Waals surface area (Å²) in [6.07, 6.45) is 0. The fraction of sp³-hybridized carbons (Fsp3) is 0.150. The van der Waals surface area contributed by atoms with Gasteiger partial charge in [0.25, 0.3) is 5.91 Å². The fourth-order valence-corrected chi connectivity index (χ4v) is 3.89. The van der Waals surface area contributed by atoms with Gasteiger partial charge in [-0.05, 0) is 50.2 Å². The normalized spacial score (nSPS) is 11.3. The van der Waals surface area contributed by atoms with Crippen molar-refractivity contribution in [3.05, 3.63) is 71.3 Å². The van der Waals surface area contributed by atoms with Crippen molar-refractivity contribution < 1.29 is 22.3 Å². The fourth-order valence-electron chi connectivity index (χ4n) is 3.17. The number of carbonyl (C=O) groups excluding carboxylic acids is 1. The molecule has 0 saturated heterocycles. The Morgan fingerprint density at radius 1 is 1.14 bits per heavy atom. The number of methoxy groups -OCH3 is 1. The van der Waals surface area contributed by atoms with Crippen LogP contribution in [0.25, 0.3) is 5.69 Å². The molecule has 3 rings (SSSR count). The van der Waals surface area contributed by atoms with Crippen LogP contribution in [0.5, 0.6) is 5.75 Å². The zero-order valence-electron chi connectivity index (χ0n) is 16.1. The van der Waals surface area contributed by atoms with Gasteiger partial charge in [0, 0.05) is 17.1 Å². The minimum absolute atomic E-state index is 0.0724. The molecule has 29 heavy (non-hydrogen) atoms. The highest BCUT2D eigenvalue weighted by atomic mass is 32.2. The van der Waals surface area contributed by atoms with E-state index in [1.54, 1.807) is 42.7 Å². The maximum absolute atomic E-state index is 14.2. The van der Waals surface area contributed by atoms with Crippen molar-refractivity contribution in [3.8, 4) is 11.4 Å². The number of ether oxygens (including phenoxy) is 1. The lowest BCUT2D eigenvalue weighted by atomic mass is 10.2. The summed E-state index contributed by atoms with van der Waals surface area (Å²) in [5, 5.41) is 7.86. The molecule has 0 radical (unpaired) electrons. The topological polar surface area (TPSA) is 103 Å². The van der Waals surface area contributed by atoms with Crippen LogP contribution in [-0.2, 0) is 10.0 Å². The number of rotatable bonds is 5. The van der Waals surface area contributed by atoms with Gasteiger partial charge in [0.1, 0.15) is 16.5 Å². The van der Waals surface area contributed by atoms with Crippen LogP contribution in [0.15, 0.2) is 53.4 Å². The molecule has 3 N–H and O–H groups in total. The molecule has 1 amide bonds. The molecule has 0 bridgehead atoms. The second-order valence-electron chi connectivity index (χ2n) is 6.44. The van der Waals surface area contributed by atoms with Gasteiger partial charge < -0.3 is 14.6 Å². The van der Waals surface area contributed by atoms with Gasteiger partial charge in [0.15, 0.2) is 0 Å². The smallest absolute Gasteiger partial charge is 0.257 e. The number of sulfonamides is 1. The van der Waals surface area contributed by atoms with E-state index in [0.717, 1.165) is 0 Å². The maximum Gasteiger partial charge on any atom is 0.257 e. The van der Waals surface area contributed by atoms with E-state index in [9.17, 15) is 17.6 Å². The van der Waals surface area contributed by atoms with Crippen LogP contribution in [0.3, 0.4) is 0 Å². The van der Waals surface area contributed by atoms with Crippen molar-refractivity contribution in [3.63, 3.8) is 0 Å². The number of carbonyl (C=O) groups is 1. The Hall–Kier alpha value is -3.17. The number of halogens is 1. The summed E-state index contributed by atoms with van der Waals surface area (Å²) in [5.74, 6) is -0.802. The number of benzene rings is 2. The third kappa shape index (κ3) is 4.01. The first kappa shape index (κ1) is 20.6. The van der Waals surface area contributed by atoms with Gasteiger partial charge >= 0.3 is 0 Å². The maximum atomic E-state index is 14.2. The monoisotopic (exact) mass is 417 g/mol. The van der Waals surface area contributed by atoms with Crippen molar-refractivity contribution in [2.24, 2.45) is 5.14 Å². The van der Waals surface area contributed by atoms with Crippen LogP contribution < -0.4 is 15.2 Å². The van der Waals surface area contributed by atoms with E-state index in [0.29, 0.717) is 22.6 Å². The number of nitrogens with one attached hydrogen (secondary N) is 1. The summed E-state index contributed by atoms with van der Waals surface area (Å²) in [7, 11) is -2.72. The molecule has 152 valence electrons. The van der Waals surface area contributed by atoms with Crippen molar-refractivity contribution in [1.29, 1.82) is 0 Å². The van der Waals surface area contributed by atoms with Gasteiger partial charge in [0.05, 0.1) is 18.4 Å². The van der Waals surface area contributed by atoms with Crippen LogP contribution in [0.2, 0.25) is 0 Å². The van der Waals surface area contributed by atoms with E-state index in [2.05, 4.69) is 5.32 Å². The summed E-state index contributed by atoms with van der Waals surface area (Å²) >= 11 is 0. The van der Waals surface area contributed by atoms with E-state index in [4.69, 9.17) is 9.88 Å². The molecule has 0 unspecified atom stereocenters. The average molecular weight is 417 g/mol. The molecular weight excluding hydrogens is 397 g/mol. The van der Waals surface area contributed by atoms with Gasteiger partial charge in [-0.2, -0.15) is 0 Å². The molecule has 0 fully saturated rings. The van der Waals surface area contributed by atoms with E-state index in [-0.39, 0.29) is 16.3 Å². The van der Waals surface area contributed by atoms with Crippen LogP contribution in [-0.4, -0.2) is 26.0 Å². The summed E-state index contributed by atoms with van der Waals surface area (Å²) in [6.45, 7) is 3.47. The van der Waals surface area contributed by atoms with Crippen LogP contribution in [0, 0.1) is 19.7 Å². The number of hydrogen-bond acceptors (Lipinski definition) is 4. The molecule has 2 aromatic carbocycles. The van der Waals surface area contributed by atoms with Crippen molar-refractivity contribution in [2.75, 3.05) is 12.4 Å². The largest absolute Gasteiger partial charge is 0.495 e. The second kappa shape index (κ2) is 7.69. The number of aromatic nitrogens is 1. The first-order valence-electron chi connectivity index (χ1n) is 8.59. The standard InChI is InChI=1S/C20H20FN3O4S/c1-12-10-15(13(2)24(12)17-7-5-4-6-16(17)21)20(25)23-14-8-9-18(28-3)19(11-14)29(22,26)27/h4-11H,1-3H3,(H,23,25)(H2,22,26,27). The van der Waals surface area contributed by atoms with E-state index in [1.165, 1.54) is 31.4 Å². The summed E-state index contributed by atoms with van der Waals surface area (Å²) in [5.41, 5.74) is 2.12. The number of nitrogens with two attached hydrogens (primary N) is 1. The highest BCUT2D eigenvalue weighted by Gasteiger charge is 2.20. The van der Waals surface area contributed by atoms with Crippen molar-refractivity contribution in [2.45, 2.75) is 18.7 Å². The van der Waals surface area contributed by atoms with Gasteiger partial charge in [-0.15, -0.1) is 0 Å². The van der Waals surface area contributed by atoms with E-state index in [1.807, 2.05) is 0 Å². The lowest BCUT2D eigenvalue weighted by Gasteiger charge is -2.12. The molecule has 0 atom stereocenters. The molecule has 1 heterocycles. The molecule has 9 heteroatoms. The summed E-state index contributed by atoms with van der Waals surface area (Å²) < 4.78 is 44.4. The third-order valence-corrected chi connectivity index (χ3v) is 5.43. The number of nitrogens with zero attached hydrogens (tertiary/aromatic N) is 1. The number of hydrogen-bond donors (Lipinski definition) is 2. The zero-order chi connectivity index (χ0) is 21.3. The van der Waals surface area contributed by atoms with E-state index >= 15 is 0 Å². The Morgan fingerprint density at radius 2 is 1.83 bits per heavy atom. The molecule has 7 nitrogen and oxygen atoms in total. The average Bonchev–Trinajstić information content (AvgIpc) is 2.96. The van der Waals surface area contributed by atoms with Crippen molar-refractivity contribution in [1.82, 2.24) is 4.57 Å². The van der Waals surface area contributed by atoms with Gasteiger partial charge in [0.2, 0.25) is 10.0 Å². The number of primary sulfonamides is 1. The Labute approximate surface area is 168 Å². The van der Waals surface area contributed by atoms with Gasteiger partial charge in [-0.3, -0.25) is 4.79 Å². The van der Waals surface area contributed by atoms with Crippen molar-refractivity contribution >= 4 is 21.6 Å². The highest BCUT2D eigenvalue weighted by Crippen LogP contribution is 2.27. The van der Waals surface area contributed by atoms with Crippen LogP contribution >= 0.6 is 0 Å². The lowest BCUT2D eigenvalue weighted by molar-refractivity contribution is 0.102. The number of amides is 1. The molecule has 0 spiro atoms. The first-order chi connectivity index (χ1) is 13.6. The zero-order valence-corrected chi connectivity index (χ0v) is 16.9. The Morgan fingerprint density at radius 3 is 2.45 bits per heavy atom. The summed E-state index contributed by atoms with van der Waals surface area (Å²) in [6, 6.07) is 12.0. The van der Waals surface area contributed by atoms with Crippen LogP contribution in [0.1, 0.15) is 21.7 Å². The van der Waals surface area contributed by atoms with Gasteiger partial charge in [-0.25, -0.2) is 17.9 Å². The molecule has 0 aliphatic rings. The van der Waals surface area contributed by atoms with E-state index < -0.39 is 21.7 Å². The molecular formula is C20H20FN3O4S. The minimum Gasteiger partial charge on any atom is -0.495 e. The quantitative estimate of drug-likeness (QED) is 0.666. The highest BCUT2D eigenvalue weighted by molar-refractivity contribution is 7.89. The van der Waals surface area contributed by atoms with Gasteiger partial charge in [-0.1, -0.05) is 12.1 Å². The molecule has 0 aliphatic carbocycles. The predicted molar refractivity (Wildman–Crippen MR) is 108 cm³/mol. The molecule has 3 aromatic rings. The third-order valence-electron chi connectivity index (χ3n) is 4.50. The van der Waals surface area contributed by atoms with Crippen LogP contribution in [0.4, 0.5) is 10.1 Å². The Kier molecular flexibility index (Phi) is 5.45. The summed E-state index contributed by atoms with van der Waals surface area (Å²) in [4.78, 5) is 12.6. The molecule has 0 aliphatic heterocycles. The second-order valence-corrected chi connectivity index (χ2v) is 7.97. The molecule has 0 saturated carbocycles. The predicted octanol–water partition coefficient (Wildman–Crippen LogP) is 3.14. The number of aryl methyl sites for hydroxylation is 1. The minimum atomic E-state index is -4.04. The number of para-hydroxylation sites is 1. The first-order valence-corrected chi connectivity index (χ1v) is 10.1. The SMILES string of the molecule is COc1ccc(NC(=O)c2cc(C)n(-c3ccccc3F)c2C)cc1S(N)(=O)=O. The lowest BCUT2D eigenvalue weighted by Crippen LogP contribution is -2.16. The number of anilines is 1. The Balaban J connectivity index is 1.97. The Bertz CT molecular complexity index is 1200. The molecule has 1 aromatic heterocycles.